The summed E-state index contributed by atoms with van der Waals surface area (Å²) in [6.45, 7) is 14.9. The first kappa shape index (κ1) is 23.5. The number of hydrogen-bond acceptors (Lipinski definition) is 3. The summed E-state index contributed by atoms with van der Waals surface area (Å²) in [6.07, 6.45) is 10.2. The predicted octanol–water partition coefficient (Wildman–Crippen LogP) is 4.17. The van der Waals surface area contributed by atoms with Crippen molar-refractivity contribution in [3.05, 3.63) is 47.7 Å². The first-order valence-electron chi connectivity index (χ1n) is 8.34. The average molecular weight is 322 g/mol. The van der Waals surface area contributed by atoms with Gasteiger partial charge < -0.3 is 16.2 Å². The molecule has 0 spiro atoms. The fourth-order valence-corrected chi connectivity index (χ4v) is 1.73. The SMILES string of the molecule is C=C(/C=C\C(=C/CC)NC/C(C)=C\CC)CC(N)C(=O)O.CC. The Labute approximate surface area is 141 Å². The second-order valence-corrected chi connectivity index (χ2v) is 5.02. The maximum absolute atomic E-state index is 10.7. The number of carboxylic acids is 1. The average Bonchev–Trinajstić information content (AvgIpc) is 2.52. The summed E-state index contributed by atoms with van der Waals surface area (Å²) >= 11 is 0. The lowest BCUT2D eigenvalue weighted by Gasteiger charge is -2.09. The molecule has 0 aliphatic heterocycles. The molecule has 0 aliphatic rings. The van der Waals surface area contributed by atoms with Gasteiger partial charge in [0.2, 0.25) is 0 Å². The van der Waals surface area contributed by atoms with E-state index in [0.717, 1.165) is 25.1 Å². The molecule has 0 aromatic rings. The number of nitrogens with two attached hydrogens (primary N) is 1. The zero-order valence-electron chi connectivity index (χ0n) is 15.4. The third-order valence-electron chi connectivity index (χ3n) is 2.85. The Hall–Kier alpha value is -1.81. The third-order valence-corrected chi connectivity index (χ3v) is 2.85. The first-order chi connectivity index (χ1) is 10.9. The van der Waals surface area contributed by atoms with Crippen molar-refractivity contribution in [3.8, 4) is 0 Å². The molecule has 0 rings (SSSR count). The Balaban J connectivity index is 0. The van der Waals surface area contributed by atoms with Crippen molar-refractivity contribution in [3.63, 3.8) is 0 Å². The van der Waals surface area contributed by atoms with E-state index >= 15 is 0 Å². The van der Waals surface area contributed by atoms with Gasteiger partial charge in [0.15, 0.2) is 0 Å². The molecule has 0 saturated heterocycles. The molecule has 4 N–H and O–H groups in total. The lowest BCUT2D eigenvalue weighted by Crippen LogP contribution is -2.30. The zero-order chi connectivity index (χ0) is 18.3. The van der Waals surface area contributed by atoms with Crippen molar-refractivity contribution in [1.82, 2.24) is 5.32 Å². The summed E-state index contributed by atoms with van der Waals surface area (Å²) in [5, 5.41) is 12.1. The highest BCUT2D eigenvalue weighted by Crippen LogP contribution is 2.06. The molecule has 0 aromatic heterocycles. The van der Waals surface area contributed by atoms with Crippen LogP contribution >= 0.6 is 0 Å². The van der Waals surface area contributed by atoms with Gasteiger partial charge >= 0.3 is 5.97 Å². The van der Waals surface area contributed by atoms with E-state index in [-0.39, 0.29) is 6.42 Å². The van der Waals surface area contributed by atoms with Gasteiger partial charge in [-0.15, -0.1) is 0 Å². The van der Waals surface area contributed by atoms with Crippen molar-refractivity contribution in [1.29, 1.82) is 0 Å². The van der Waals surface area contributed by atoms with Crippen LogP contribution < -0.4 is 11.1 Å². The minimum atomic E-state index is -1.01. The van der Waals surface area contributed by atoms with Crippen molar-refractivity contribution in [2.24, 2.45) is 5.73 Å². The number of aliphatic carboxylic acids is 1. The van der Waals surface area contributed by atoms with Crippen LogP contribution in [0.5, 0.6) is 0 Å². The lowest BCUT2D eigenvalue weighted by molar-refractivity contribution is -0.138. The van der Waals surface area contributed by atoms with Crippen LogP contribution in [0.4, 0.5) is 0 Å². The van der Waals surface area contributed by atoms with E-state index in [9.17, 15) is 4.79 Å². The van der Waals surface area contributed by atoms with Crippen molar-refractivity contribution in [2.45, 2.75) is 59.9 Å². The highest BCUT2D eigenvalue weighted by atomic mass is 16.4. The Morgan fingerprint density at radius 3 is 2.26 bits per heavy atom. The van der Waals surface area contributed by atoms with Crippen molar-refractivity contribution in [2.75, 3.05) is 6.54 Å². The van der Waals surface area contributed by atoms with Crippen LogP contribution in [0.3, 0.4) is 0 Å². The molecule has 132 valence electrons. The van der Waals surface area contributed by atoms with Gasteiger partial charge in [0, 0.05) is 12.2 Å². The second kappa shape index (κ2) is 15.1. The molecule has 0 bridgehead atoms. The molecular weight excluding hydrogens is 288 g/mol. The molecule has 0 fully saturated rings. The van der Waals surface area contributed by atoms with Gasteiger partial charge in [-0.25, -0.2) is 0 Å². The topological polar surface area (TPSA) is 75.3 Å². The van der Waals surface area contributed by atoms with Gasteiger partial charge in [-0.2, -0.15) is 0 Å². The first-order valence-corrected chi connectivity index (χ1v) is 8.34. The number of hydrogen-bond donors (Lipinski definition) is 3. The van der Waals surface area contributed by atoms with Crippen LogP contribution in [0.1, 0.15) is 53.9 Å². The predicted molar refractivity (Wildman–Crippen MR) is 100 cm³/mol. The van der Waals surface area contributed by atoms with E-state index in [1.807, 2.05) is 26.0 Å². The van der Waals surface area contributed by atoms with Crippen LogP contribution in [0.25, 0.3) is 0 Å². The molecule has 1 atom stereocenters. The standard InChI is InChI=1S/C17H28N2O2.C2H6/c1-5-7-14(4)12-19-15(8-6-2)10-9-13(3)11-16(18)17(20)21;1-2/h7-10,16,19H,3,5-6,11-12,18H2,1-2,4H3,(H,20,21);1-2H3/b10-9-,14-7-,15-8+;. The fourth-order valence-electron chi connectivity index (χ4n) is 1.73. The number of rotatable bonds is 10. The molecular formula is C19H34N2O2. The van der Waals surface area contributed by atoms with Crippen LogP contribution in [-0.4, -0.2) is 23.7 Å². The minimum absolute atomic E-state index is 0.250. The summed E-state index contributed by atoms with van der Waals surface area (Å²) in [4.78, 5) is 10.7. The fraction of sp³-hybridized carbons (Fsp3) is 0.526. The smallest absolute Gasteiger partial charge is 0.320 e. The largest absolute Gasteiger partial charge is 0.480 e. The summed E-state index contributed by atoms with van der Waals surface area (Å²) in [5.74, 6) is -1.01. The Morgan fingerprint density at radius 1 is 1.22 bits per heavy atom. The van der Waals surface area contributed by atoms with Gasteiger partial charge in [0.05, 0.1) is 0 Å². The Bertz CT molecular complexity index is 435. The molecule has 1 unspecified atom stereocenters. The van der Waals surface area contributed by atoms with E-state index in [0.29, 0.717) is 5.57 Å². The van der Waals surface area contributed by atoms with E-state index in [2.05, 4.69) is 44.8 Å². The monoisotopic (exact) mass is 322 g/mol. The highest BCUT2D eigenvalue weighted by Gasteiger charge is 2.11. The van der Waals surface area contributed by atoms with Crippen molar-refractivity contribution < 1.29 is 9.90 Å². The zero-order valence-corrected chi connectivity index (χ0v) is 15.4. The van der Waals surface area contributed by atoms with Gasteiger partial charge in [-0.3, -0.25) is 4.79 Å². The molecule has 0 radical (unpaired) electrons. The molecule has 0 heterocycles. The Morgan fingerprint density at radius 2 is 1.78 bits per heavy atom. The summed E-state index contributed by atoms with van der Waals surface area (Å²) < 4.78 is 0. The van der Waals surface area contributed by atoms with E-state index in [1.165, 1.54) is 5.57 Å². The summed E-state index contributed by atoms with van der Waals surface area (Å²) in [6, 6.07) is -0.900. The highest BCUT2D eigenvalue weighted by molar-refractivity contribution is 5.73. The minimum Gasteiger partial charge on any atom is -0.480 e. The van der Waals surface area contributed by atoms with E-state index in [4.69, 9.17) is 10.8 Å². The van der Waals surface area contributed by atoms with E-state index < -0.39 is 12.0 Å². The third kappa shape index (κ3) is 13.6. The summed E-state index contributed by atoms with van der Waals surface area (Å²) in [7, 11) is 0. The lowest BCUT2D eigenvalue weighted by atomic mass is 10.1. The molecule has 23 heavy (non-hydrogen) atoms. The second-order valence-electron chi connectivity index (χ2n) is 5.02. The van der Waals surface area contributed by atoms with Crippen LogP contribution in [0.15, 0.2) is 47.7 Å². The Kier molecular flexibility index (Phi) is 15.4. The molecule has 0 saturated carbocycles. The number of carbonyl (C=O) groups is 1. The van der Waals surface area contributed by atoms with Gasteiger partial charge in [-0.05, 0) is 32.3 Å². The van der Waals surface area contributed by atoms with Crippen LogP contribution in [-0.2, 0) is 4.79 Å². The van der Waals surface area contributed by atoms with Crippen LogP contribution in [0.2, 0.25) is 0 Å². The molecule has 4 nitrogen and oxygen atoms in total. The van der Waals surface area contributed by atoms with Gasteiger partial charge in [0.25, 0.3) is 0 Å². The number of allylic oxidation sites excluding steroid dienone is 4. The molecule has 0 amide bonds. The molecule has 0 aliphatic carbocycles. The summed E-state index contributed by atoms with van der Waals surface area (Å²) in [5.41, 5.74) is 8.48. The van der Waals surface area contributed by atoms with Crippen molar-refractivity contribution >= 4 is 5.97 Å². The quantitative estimate of drug-likeness (QED) is 0.417. The maximum Gasteiger partial charge on any atom is 0.320 e. The molecule has 0 aromatic carbocycles. The van der Waals surface area contributed by atoms with Crippen LogP contribution in [0, 0.1) is 0 Å². The van der Waals surface area contributed by atoms with E-state index in [1.54, 1.807) is 0 Å². The number of carboxylic acid groups (broad SMARTS) is 1. The van der Waals surface area contributed by atoms with Gasteiger partial charge in [0.1, 0.15) is 6.04 Å². The normalized spacial score (nSPS) is 13.3. The van der Waals surface area contributed by atoms with Gasteiger partial charge in [-0.1, -0.05) is 63.6 Å². The number of nitrogens with one attached hydrogen (secondary N) is 1. The molecule has 4 heteroatoms. The maximum atomic E-state index is 10.7.